The molecule has 0 fully saturated rings. The molecule has 0 N–H and O–H groups in total. The number of para-hydroxylation sites is 1. The van der Waals surface area contributed by atoms with Gasteiger partial charge in [0.2, 0.25) is 5.60 Å². The maximum Gasteiger partial charge on any atom is 0.341 e. The smallest absolute Gasteiger partial charge is 0.341 e. The van der Waals surface area contributed by atoms with Gasteiger partial charge in [0.25, 0.3) is 0 Å². The van der Waals surface area contributed by atoms with Gasteiger partial charge in [-0.2, -0.15) is 0 Å². The maximum absolute atomic E-state index is 13.3. The van der Waals surface area contributed by atoms with E-state index in [0.29, 0.717) is 11.3 Å². The standard InChI is InChI=1S/C29H31N3O2/c1-6-31(7-2)21-15-16-24(19(4)18-21)29(27-23(28(33)34-29)13-11-17-30-27)26-20(5)32(8-3)25-14-10-9-12-22(25)26/h9-18H,6-8H2,1-5H3. The molecule has 3 heterocycles. The number of esters is 1. The SMILES string of the molecule is CCN(CC)c1ccc(C2(c3c(C)n(CC)c4ccccc34)OC(=O)c3cccnc32)c(C)c1. The van der Waals surface area contributed by atoms with Crippen LogP contribution in [0.4, 0.5) is 5.69 Å². The van der Waals surface area contributed by atoms with Crippen LogP contribution in [0.25, 0.3) is 10.9 Å². The summed E-state index contributed by atoms with van der Waals surface area (Å²) in [7, 11) is 0. The van der Waals surface area contributed by atoms with Crippen molar-refractivity contribution < 1.29 is 9.53 Å². The van der Waals surface area contributed by atoms with Gasteiger partial charge >= 0.3 is 5.97 Å². The molecule has 174 valence electrons. The number of pyridine rings is 1. The first-order valence-corrected chi connectivity index (χ1v) is 12.1. The molecule has 0 saturated heterocycles. The molecule has 2 aromatic heterocycles. The van der Waals surface area contributed by atoms with Crippen LogP contribution in [0.1, 0.15) is 59.2 Å². The number of benzene rings is 2. The number of carbonyl (C=O) groups is 1. The number of cyclic esters (lactones) is 1. The predicted octanol–water partition coefficient (Wildman–Crippen LogP) is 5.98. The first kappa shape index (κ1) is 22.2. The second-order valence-electron chi connectivity index (χ2n) is 8.86. The van der Waals surface area contributed by atoms with Gasteiger partial charge in [0, 0.05) is 59.2 Å². The number of hydrogen-bond donors (Lipinski definition) is 0. The zero-order valence-corrected chi connectivity index (χ0v) is 20.6. The maximum atomic E-state index is 13.3. The van der Waals surface area contributed by atoms with E-state index in [9.17, 15) is 4.79 Å². The van der Waals surface area contributed by atoms with Crippen LogP contribution in [0.15, 0.2) is 60.8 Å². The molecule has 1 unspecified atom stereocenters. The second-order valence-corrected chi connectivity index (χ2v) is 8.86. The van der Waals surface area contributed by atoms with Gasteiger partial charge in [-0.3, -0.25) is 4.98 Å². The zero-order chi connectivity index (χ0) is 24.0. The van der Waals surface area contributed by atoms with Crippen molar-refractivity contribution in [2.75, 3.05) is 18.0 Å². The average Bonchev–Trinajstić information content (AvgIpc) is 3.31. The molecule has 0 aliphatic carbocycles. The first-order valence-electron chi connectivity index (χ1n) is 12.1. The summed E-state index contributed by atoms with van der Waals surface area (Å²) >= 11 is 0. The highest BCUT2D eigenvalue weighted by molar-refractivity contribution is 5.98. The lowest BCUT2D eigenvalue weighted by Crippen LogP contribution is -2.32. The molecular formula is C29H31N3O2. The number of ether oxygens (including phenoxy) is 1. The molecular weight excluding hydrogens is 422 g/mol. The third-order valence-corrected chi connectivity index (χ3v) is 7.22. The zero-order valence-electron chi connectivity index (χ0n) is 20.6. The Morgan fingerprint density at radius 2 is 1.76 bits per heavy atom. The van der Waals surface area contributed by atoms with Crippen molar-refractivity contribution in [2.45, 2.75) is 46.8 Å². The lowest BCUT2D eigenvalue weighted by molar-refractivity contribution is 0.0244. The van der Waals surface area contributed by atoms with E-state index >= 15 is 0 Å². The summed E-state index contributed by atoms with van der Waals surface area (Å²) in [6.45, 7) is 13.4. The summed E-state index contributed by atoms with van der Waals surface area (Å²) in [5.41, 5.74) is 6.50. The van der Waals surface area contributed by atoms with Gasteiger partial charge in [0.1, 0.15) is 5.69 Å². The van der Waals surface area contributed by atoms with Crippen LogP contribution in [-0.2, 0) is 16.9 Å². The molecule has 0 radical (unpaired) electrons. The Bertz CT molecular complexity index is 1400. The summed E-state index contributed by atoms with van der Waals surface area (Å²) in [6.07, 6.45) is 1.75. The molecule has 0 saturated carbocycles. The van der Waals surface area contributed by atoms with Gasteiger partial charge < -0.3 is 14.2 Å². The van der Waals surface area contributed by atoms with E-state index in [1.54, 1.807) is 12.3 Å². The van der Waals surface area contributed by atoms with Crippen molar-refractivity contribution in [1.82, 2.24) is 9.55 Å². The van der Waals surface area contributed by atoms with Crippen LogP contribution < -0.4 is 4.90 Å². The van der Waals surface area contributed by atoms with Gasteiger partial charge in [0.05, 0.1) is 5.56 Å². The van der Waals surface area contributed by atoms with E-state index in [0.717, 1.165) is 52.9 Å². The van der Waals surface area contributed by atoms with Crippen LogP contribution >= 0.6 is 0 Å². The summed E-state index contributed by atoms with van der Waals surface area (Å²) in [5.74, 6) is -0.331. The first-order chi connectivity index (χ1) is 16.5. The van der Waals surface area contributed by atoms with Crippen LogP contribution in [-0.4, -0.2) is 28.6 Å². The number of rotatable bonds is 6. The van der Waals surface area contributed by atoms with Crippen LogP contribution in [0, 0.1) is 13.8 Å². The van der Waals surface area contributed by atoms with Crippen molar-refractivity contribution in [3.8, 4) is 0 Å². The highest BCUT2D eigenvalue weighted by Crippen LogP contribution is 2.51. The minimum absolute atomic E-state index is 0.331. The van der Waals surface area contributed by atoms with Crippen molar-refractivity contribution in [2.24, 2.45) is 0 Å². The predicted molar refractivity (Wildman–Crippen MR) is 137 cm³/mol. The average molecular weight is 454 g/mol. The number of aryl methyl sites for hydroxylation is 2. The molecule has 5 rings (SSSR count). The number of anilines is 1. The summed E-state index contributed by atoms with van der Waals surface area (Å²) < 4.78 is 8.74. The Hall–Kier alpha value is -3.60. The topological polar surface area (TPSA) is 47.4 Å². The van der Waals surface area contributed by atoms with E-state index in [2.05, 4.69) is 80.5 Å². The Kier molecular flexibility index (Phi) is 5.43. The Balaban J connectivity index is 1.88. The molecule has 5 nitrogen and oxygen atoms in total. The molecule has 2 aromatic carbocycles. The van der Waals surface area contributed by atoms with Crippen molar-refractivity contribution in [3.05, 3.63) is 94.4 Å². The van der Waals surface area contributed by atoms with Crippen LogP contribution in [0.2, 0.25) is 0 Å². The molecule has 1 aliphatic rings. The lowest BCUT2D eigenvalue weighted by Gasteiger charge is -2.32. The molecule has 0 amide bonds. The summed E-state index contributed by atoms with van der Waals surface area (Å²) in [6, 6.07) is 18.4. The molecule has 4 aromatic rings. The molecule has 34 heavy (non-hydrogen) atoms. The normalized spacial score (nSPS) is 17.1. The van der Waals surface area contributed by atoms with Crippen molar-refractivity contribution >= 4 is 22.6 Å². The number of carbonyl (C=O) groups excluding carboxylic acids is 1. The van der Waals surface area contributed by atoms with Gasteiger partial charge in [-0.25, -0.2) is 4.79 Å². The molecule has 0 bridgehead atoms. The Labute approximate surface area is 201 Å². The van der Waals surface area contributed by atoms with Gasteiger partial charge in [0.15, 0.2) is 0 Å². The van der Waals surface area contributed by atoms with Crippen LogP contribution in [0.3, 0.4) is 0 Å². The quantitative estimate of drug-likeness (QED) is 0.337. The lowest BCUT2D eigenvalue weighted by atomic mass is 9.79. The fraction of sp³-hybridized carbons (Fsp3) is 0.310. The fourth-order valence-electron chi connectivity index (χ4n) is 5.69. The van der Waals surface area contributed by atoms with Crippen LogP contribution in [0.5, 0.6) is 0 Å². The monoisotopic (exact) mass is 453 g/mol. The summed E-state index contributed by atoms with van der Waals surface area (Å²) in [4.78, 5) is 20.3. The Morgan fingerprint density at radius 3 is 2.47 bits per heavy atom. The van der Waals surface area contributed by atoms with E-state index < -0.39 is 5.60 Å². The van der Waals surface area contributed by atoms with Crippen molar-refractivity contribution in [3.63, 3.8) is 0 Å². The number of fused-ring (bicyclic) bond motifs is 2. The largest absolute Gasteiger partial charge is 0.439 e. The van der Waals surface area contributed by atoms with Crippen molar-refractivity contribution in [1.29, 1.82) is 0 Å². The minimum atomic E-state index is -1.11. The van der Waals surface area contributed by atoms with E-state index in [1.807, 2.05) is 12.1 Å². The molecule has 0 spiro atoms. The van der Waals surface area contributed by atoms with E-state index in [-0.39, 0.29) is 5.97 Å². The second kappa shape index (κ2) is 8.32. The van der Waals surface area contributed by atoms with E-state index in [4.69, 9.17) is 9.72 Å². The van der Waals surface area contributed by atoms with Gasteiger partial charge in [-0.15, -0.1) is 0 Å². The molecule has 1 atom stereocenters. The van der Waals surface area contributed by atoms with E-state index in [1.165, 1.54) is 5.69 Å². The number of hydrogen-bond acceptors (Lipinski definition) is 4. The third-order valence-electron chi connectivity index (χ3n) is 7.22. The summed E-state index contributed by atoms with van der Waals surface area (Å²) in [5, 5.41) is 1.08. The minimum Gasteiger partial charge on any atom is -0.439 e. The third kappa shape index (κ3) is 2.99. The number of aromatic nitrogens is 2. The highest BCUT2D eigenvalue weighted by Gasteiger charge is 2.53. The Morgan fingerprint density at radius 1 is 1.00 bits per heavy atom. The van der Waals surface area contributed by atoms with Gasteiger partial charge in [-0.1, -0.05) is 24.3 Å². The molecule has 1 aliphatic heterocycles. The van der Waals surface area contributed by atoms with Gasteiger partial charge in [-0.05, 0) is 70.5 Å². The number of nitrogens with zero attached hydrogens (tertiary/aromatic N) is 3. The highest BCUT2D eigenvalue weighted by atomic mass is 16.6. The molecule has 5 heteroatoms. The fourth-order valence-corrected chi connectivity index (χ4v) is 5.69.